The zero-order valence-electron chi connectivity index (χ0n) is 14.0. The summed E-state index contributed by atoms with van der Waals surface area (Å²) in [7, 11) is 0. The van der Waals surface area contributed by atoms with E-state index in [2.05, 4.69) is 31.0 Å². The number of hydrogen-bond acceptors (Lipinski definition) is 2. The van der Waals surface area contributed by atoms with Gasteiger partial charge in [-0.3, -0.25) is 4.79 Å². The van der Waals surface area contributed by atoms with Crippen molar-refractivity contribution in [2.24, 2.45) is 17.3 Å². The normalized spacial score (nSPS) is 27.4. The van der Waals surface area contributed by atoms with Gasteiger partial charge in [0, 0.05) is 19.5 Å². The van der Waals surface area contributed by atoms with Crippen molar-refractivity contribution in [3.05, 3.63) is 0 Å². The molecule has 2 heterocycles. The number of rotatable bonds is 3. The molecule has 2 rings (SSSR count). The Kier molecular flexibility index (Phi) is 7.49. The second kappa shape index (κ2) is 8.38. The van der Waals surface area contributed by atoms with Crippen LogP contribution in [0.15, 0.2) is 0 Å². The summed E-state index contributed by atoms with van der Waals surface area (Å²) in [5, 5.41) is 3.46. The van der Waals surface area contributed by atoms with Gasteiger partial charge in [0.25, 0.3) is 0 Å². The van der Waals surface area contributed by atoms with Crippen LogP contribution < -0.4 is 5.32 Å². The van der Waals surface area contributed by atoms with Gasteiger partial charge in [0.1, 0.15) is 0 Å². The van der Waals surface area contributed by atoms with E-state index >= 15 is 0 Å². The third-order valence-electron chi connectivity index (χ3n) is 5.33. The van der Waals surface area contributed by atoms with Gasteiger partial charge in [-0.1, -0.05) is 20.8 Å². The summed E-state index contributed by atoms with van der Waals surface area (Å²) in [5.74, 6) is 1.60. The molecule has 3 nitrogen and oxygen atoms in total. The first-order chi connectivity index (χ1) is 9.48. The van der Waals surface area contributed by atoms with Crippen molar-refractivity contribution < 1.29 is 4.79 Å². The van der Waals surface area contributed by atoms with Crippen LogP contribution in [-0.2, 0) is 4.79 Å². The molecule has 1 amide bonds. The molecule has 21 heavy (non-hydrogen) atoms. The predicted molar refractivity (Wildman–Crippen MR) is 90.8 cm³/mol. The number of nitrogens with one attached hydrogen (secondary N) is 1. The Morgan fingerprint density at radius 3 is 2.71 bits per heavy atom. The highest BCUT2D eigenvalue weighted by atomic mass is 35.5. The van der Waals surface area contributed by atoms with Gasteiger partial charge in [-0.05, 0) is 62.4 Å². The Balaban J connectivity index is 0.00000220. The molecular weight excluding hydrogens is 284 g/mol. The molecule has 0 aromatic heterocycles. The van der Waals surface area contributed by atoms with Crippen LogP contribution in [0.3, 0.4) is 0 Å². The van der Waals surface area contributed by atoms with Crippen molar-refractivity contribution >= 4 is 18.3 Å². The molecule has 1 N–H and O–H groups in total. The lowest BCUT2D eigenvalue weighted by atomic mass is 9.85. The maximum absolute atomic E-state index is 12.5. The Bertz CT molecular complexity index is 327. The molecule has 2 unspecified atom stereocenters. The quantitative estimate of drug-likeness (QED) is 0.864. The molecule has 2 fully saturated rings. The summed E-state index contributed by atoms with van der Waals surface area (Å²) in [6.07, 6.45) is 6.86. The highest BCUT2D eigenvalue weighted by Crippen LogP contribution is 2.30. The van der Waals surface area contributed by atoms with Crippen molar-refractivity contribution in [3.8, 4) is 0 Å². The first-order valence-electron chi connectivity index (χ1n) is 8.46. The number of hydrogen-bond donors (Lipinski definition) is 1. The van der Waals surface area contributed by atoms with Gasteiger partial charge < -0.3 is 10.2 Å². The minimum atomic E-state index is 0. The van der Waals surface area contributed by atoms with Crippen molar-refractivity contribution in [3.63, 3.8) is 0 Å². The van der Waals surface area contributed by atoms with E-state index in [-0.39, 0.29) is 12.4 Å². The Morgan fingerprint density at radius 2 is 2.05 bits per heavy atom. The van der Waals surface area contributed by atoms with Crippen molar-refractivity contribution in [1.29, 1.82) is 0 Å². The molecule has 0 bridgehead atoms. The van der Waals surface area contributed by atoms with Crippen LogP contribution >= 0.6 is 12.4 Å². The maximum atomic E-state index is 12.5. The second-order valence-corrected chi connectivity index (χ2v) is 7.69. The van der Waals surface area contributed by atoms with Crippen molar-refractivity contribution in [1.82, 2.24) is 10.2 Å². The zero-order chi connectivity index (χ0) is 14.6. The van der Waals surface area contributed by atoms with Gasteiger partial charge in [0.15, 0.2) is 0 Å². The number of halogens is 1. The molecule has 4 heteroatoms. The summed E-state index contributed by atoms with van der Waals surface area (Å²) in [6.45, 7) is 11.1. The summed E-state index contributed by atoms with van der Waals surface area (Å²) < 4.78 is 0. The highest BCUT2D eigenvalue weighted by molar-refractivity contribution is 5.85. The topological polar surface area (TPSA) is 32.3 Å². The SMILES string of the molecule is CC(CC(=O)N1CCCC(C)(C)CC1)C1CCCNC1.Cl. The minimum absolute atomic E-state index is 0. The molecule has 2 aliphatic heterocycles. The summed E-state index contributed by atoms with van der Waals surface area (Å²) >= 11 is 0. The van der Waals surface area contributed by atoms with Crippen LogP contribution in [0.2, 0.25) is 0 Å². The largest absolute Gasteiger partial charge is 0.343 e. The molecule has 0 aromatic carbocycles. The van der Waals surface area contributed by atoms with Gasteiger partial charge in [-0.25, -0.2) is 0 Å². The Labute approximate surface area is 136 Å². The number of amides is 1. The van der Waals surface area contributed by atoms with E-state index in [4.69, 9.17) is 0 Å². The van der Waals surface area contributed by atoms with E-state index in [0.717, 1.165) is 45.4 Å². The Morgan fingerprint density at radius 1 is 1.29 bits per heavy atom. The van der Waals surface area contributed by atoms with Crippen LogP contribution in [0, 0.1) is 17.3 Å². The number of carbonyl (C=O) groups is 1. The first kappa shape index (κ1) is 18.8. The molecule has 0 aromatic rings. The summed E-state index contributed by atoms with van der Waals surface area (Å²) in [4.78, 5) is 14.6. The van der Waals surface area contributed by atoms with Crippen molar-refractivity contribution in [2.45, 2.75) is 59.3 Å². The molecule has 2 aliphatic rings. The smallest absolute Gasteiger partial charge is 0.222 e. The second-order valence-electron chi connectivity index (χ2n) is 7.69. The Hall–Kier alpha value is -0.280. The average molecular weight is 317 g/mol. The zero-order valence-corrected chi connectivity index (χ0v) is 14.8. The highest BCUT2D eigenvalue weighted by Gasteiger charge is 2.28. The molecule has 0 spiro atoms. The molecule has 0 saturated carbocycles. The number of nitrogens with zero attached hydrogens (tertiary/aromatic N) is 1. The summed E-state index contributed by atoms with van der Waals surface area (Å²) in [6, 6.07) is 0. The lowest BCUT2D eigenvalue weighted by Crippen LogP contribution is -2.37. The van der Waals surface area contributed by atoms with Gasteiger partial charge in [0.2, 0.25) is 5.91 Å². The first-order valence-corrected chi connectivity index (χ1v) is 8.46. The molecular formula is C17H33ClN2O. The summed E-state index contributed by atoms with van der Waals surface area (Å²) in [5.41, 5.74) is 0.411. The molecule has 2 atom stereocenters. The van der Waals surface area contributed by atoms with Crippen LogP contribution in [0.5, 0.6) is 0 Å². The predicted octanol–water partition coefficient (Wildman–Crippen LogP) is 3.47. The molecule has 2 saturated heterocycles. The monoisotopic (exact) mass is 316 g/mol. The van der Waals surface area contributed by atoms with Gasteiger partial charge in [0.05, 0.1) is 0 Å². The van der Waals surface area contributed by atoms with Crippen LogP contribution in [0.1, 0.15) is 59.3 Å². The van der Waals surface area contributed by atoms with Gasteiger partial charge >= 0.3 is 0 Å². The van der Waals surface area contributed by atoms with E-state index in [1.54, 1.807) is 0 Å². The maximum Gasteiger partial charge on any atom is 0.222 e. The minimum Gasteiger partial charge on any atom is -0.343 e. The number of piperidine rings is 1. The van der Waals surface area contributed by atoms with Gasteiger partial charge in [-0.15, -0.1) is 12.4 Å². The fourth-order valence-corrected chi connectivity index (χ4v) is 3.61. The van der Waals surface area contributed by atoms with E-state index in [1.165, 1.54) is 19.3 Å². The number of likely N-dealkylation sites (tertiary alicyclic amines) is 1. The molecule has 0 radical (unpaired) electrons. The van der Waals surface area contributed by atoms with E-state index in [0.29, 0.717) is 23.2 Å². The van der Waals surface area contributed by atoms with E-state index in [1.807, 2.05) is 0 Å². The number of carbonyl (C=O) groups excluding carboxylic acids is 1. The fourth-order valence-electron chi connectivity index (χ4n) is 3.61. The standard InChI is InChI=1S/C17H32N2O.ClH/c1-14(15-6-4-9-18-13-15)12-16(20)19-10-5-7-17(2,3)8-11-19;/h14-15,18H,4-13H2,1-3H3;1H. The third-order valence-corrected chi connectivity index (χ3v) is 5.33. The van der Waals surface area contributed by atoms with Gasteiger partial charge in [-0.2, -0.15) is 0 Å². The lowest BCUT2D eigenvalue weighted by Gasteiger charge is -2.30. The van der Waals surface area contributed by atoms with Crippen molar-refractivity contribution in [2.75, 3.05) is 26.2 Å². The lowest BCUT2D eigenvalue weighted by molar-refractivity contribution is -0.132. The van der Waals surface area contributed by atoms with E-state index in [9.17, 15) is 4.79 Å². The van der Waals surface area contributed by atoms with Crippen LogP contribution in [0.4, 0.5) is 0 Å². The van der Waals surface area contributed by atoms with Crippen LogP contribution in [0.25, 0.3) is 0 Å². The van der Waals surface area contributed by atoms with Crippen LogP contribution in [-0.4, -0.2) is 37.0 Å². The molecule has 124 valence electrons. The third kappa shape index (κ3) is 5.78. The fraction of sp³-hybridized carbons (Fsp3) is 0.941. The van der Waals surface area contributed by atoms with E-state index < -0.39 is 0 Å². The molecule has 0 aliphatic carbocycles. The average Bonchev–Trinajstić information content (AvgIpc) is 2.60.